The normalized spacial score (nSPS) is 28.1. The maximum atomic E-state index is 10.1. The van der Waals surface area contributed by atoms with E-state index in [1.807, 2.05) is 25.1 Å². The van der Waals surface area contributed by atoms with Gasteiger partial charge >= 0.3 is 0 Å². The summed E-state index contributed by atoms with van der Waals surface area (Å²) in [5.74, 6) is 0.379. The molecule has 2 rings (SSSR count). The third-order valence-electron chi connectivity index (χ3n) is 4.07. The summed E-state index contributed by atoms with van der Waals surface area (Å²) in [6.45, 7) is 5.84. The highest BCUT2D eigenvalue weighted by atomic mass is 79.9. The van der Waals surface area contributed by atoms with Crippen LogP contribution in [0.3, 0.4) is 0 Å². The van der Waals surface area contributed by atoms with Crippen LogP contribution in [0.5, 0.6) is 0 Å². The zero-order chi connectivity index (χ0) is 14.0. The van der Waals surface area contributed by atoms with Gasteiger partial charge in [0.05, 0.1) is 12.1 Å². The molecule has 1 aliphatic heterocycles. The SMILES string of the molecule is CC(N)C(c1ccccc1Br)N1CCC(C)C(O)C1. The molecule has 1 fully saturated rings. The van der Waals surface area contributed by atoms with Crippen molar-refractivity contribution in [3.8, 4) is 0 Å². The van der Waals surface area contributed by atoms with E-state index in [-0.39, 0.29) is 18.2 Å². The van der Waals surface area contributed by atoms with Crippen LogP contribution in [0.1, 0.15) is 31.9 Å². The van der Waals surface area contributed by atoms with Crippen LogP contribution < -0.4 is 5.73 Å². The second kappa shape index (κ2) is 6.35. The van der Waals surface area contributed by atoms with E-state index in [9.17, 15) is 5.11 Å². The van der Waals surface area contributed by atoms with Gasteiger partial charge in [-0.3, -0.25) is 4.90 Å². The minimum Gasteiger partial charge on any atom is -0.392 e. The van der Waals surface area contributed by atoms with E-state index in [0.29, 0.717) is 12.5 Å². The minimum absolute atomic E-state index is 0.0271. The van der Waals surface area contributed by atoms with Crippen molar-refractivity contribution in [2.75, 3.05) is 13.1 Å². The predicted molar refractivity (Wildman–Crippen MR) is 81.9 cm³/mol. The molecule has 4 heteroatoms. The van der Waals surface area contributed by atoms with Crippen molar-refractivity contribution in [1.82, 2.24) is 4.90 Å². The molecule has 4 unspecified atom stereocenters. The van der Waals surface area contributed by atoms with Crippen molar-refractivity contribution < 1.29 is 5.11 Å². The van der Waals surface area contributed by atoms with Crippen molar-refractivity contribution in [2.45, 2.75) is 38.5 Å². The molecule has 1 heterocycles. The van der Waals surface area contributed by atoms with Gasteiger partial charge in [0.2, 0.25) is 0 Å². The third-order valence-corrected chi connectivity index (χ3v) is 4.79. The fourth-order valence-electron chi connectivity index (χ4n) is 2.85. The summed E-state index contributed by atoms with van der Waals surface area (Å²) in [4.78, 5) is 2.31. The number of β-amino-alcohol motifs (C(OH)–C–C–N with tert-alkyl or cyclic N) is 1. The lowest BCUT2D eigenvalue weighted by Crippen LogP contribution is -2.48. The first-order valence-electron chi connectivity index (χ1n) is 6.93. The van der Waals surface area contributed by atoms with Crippen LogP contribution in [0.15, 0.2) is 28.7 Å². The summed E-state index contributed by atoms with van der Waals surface area (Å²) in [6.07, 6.45) is 0.770. The molecule has 1 aliphatic rings. The van der Waals surface area contributed by atoms with Gasteiger partial charge in [0, 0.05) is 17.1 Å². The Labute approximate surface area is 123 Å². The zero-order valence-electron chi connectivity index (χ0n) is 11.6. The summed E-state index contributed by atoms with van der Waals surface area (Å²) in [5, 5.41) is 10.1. The van der Waals surface area contributed by atoms with Crippen LogP contribution in [0.4, 0.5) is 0 Å². The number of aliphatic hydroxyl groups excluding tert-OH is 1. The number of likely N-dealkylation sites (tertiary alicyclic amines) is 1. The number of nitrogens with two attached hydrogens (primary N) is 1. The molecule has 0 aliphatic carbocycles. The molecule has 3 N–H and O–H groups in total. The van der Waals surface area contributed by atoms with E-state index in [2.05, 4.69) is 33.8 Å². The van der Waals surface area contributed by atoms with Gasteiger partial charge in [-0.1, -0.05) is 41.1 Å². The second-order valence-electron chi connectivity index (χ2n) is 5.65. The van der Waals surface area contributed by atoms with E-state index in [1.54, 1.807) is 0 Å². The molecular weight excluding hydrogens is 304 g/mol. The highest BCUT2D eigenvalue weighted by Gasteiger charge is 2.32. The number of aliphatic hydroxyl groups is 1. The van der Waals surface area contributed by atoms with Gasteiger partial charge < -0.3 is 10.8 Å². The predicted octanol–water partition coefficient (Wildman–Crippen LogP) is 2.54. The molecule has 1 aromatic rings. The average Bonchev–Trinajstić information content (AvgIpc) is 2.36. The molecule has 106 valence electrons. The molecule has 0 spiro atoms. The highest BCUT2D eigenvalue weighted by Crippen LogP contribution is 2.32. The fourth-order valence-corrected chi connectivity index (χ4v) is 3.37. The van der Waals surface area contributed by atoms with Gasteiger partial charge in [0.1, 0.15) is 0 Å². The molecule has 19 heavy (non-hydrogen) atoms. The molecule has 0 saturated carbocycles. The van der Waals surface area contributed by atoms with Crippen LogP contribution in [0.25, 0.3) is 0 Å². The van der Waals surface area contributed by atoms with E-state index in [1.165, 1.54) is 5.56 Å². The Bertz CT molecular complexity index is 424. The smallest absolute Gasteiger partial charge is 0.0693 e. The summed E-state index contributed by atoms with van der Waals surface area (Å²) < 4.78 is 1.09. The third kappa shape index (κ3) is 3.37. The average molecular weight is 327 g/mol. The Morgan fingerprint density at radius 1 is 1.42 bits per heavy atom. The molecule has 1 aromatic carbocycles. The number of halogens is 1. The second-order valence-corrected chi connectivity index (χ2v) is 6.51. The Kier molecular flexibility index (Phi) is 5.01. The Balaban J connectivity index is 2.24. The first-order chi connectivity index (χ1) is 9.00. The Morgan fingerprint density at radius 3 is 2.68 bits per heavy atom. The van der Waals surface area contributed by atoms with Gasteiger partial charge in [0.15, 0.2) is 0 Å². The van der Waals surface area contributed by atoms with Crippen LogP contribution in [-0.4, -0.2) is 35.2 Å². The van der Waals surface area contributed by atoms with E-state index in [0.717, 1.165) is 17.4 Å². The first-order valence-corrected chi connectivity index (χ1v) is 7.72. The summed E-state index contributed by atoms with van der Waals surface area (Å²) >= 11 is 3.61. The Morgan fingerprint density at radius 2 is 2.11 bits per heavy atom. The van der Waals surface area contributed by atoms with Crippen molar-refractivity contribution >= 4 is 15.9 Å². The summed E-state index contributed by atoms with van der Waals surface area (Å²) in [6, 6.07) is 8.39. The number of nitrogens with zero attached hydrogens (tertiary/aromatic N) is 1. The van der Waals surface area contributed by atoms with Crippen molar-refractivity contribution in [3.63, 3.8) is 0 Å². The van der Waals surface area contributed by atoms with Crippen LogP contribution in [0, 0.1) is 5.92 Å². The van der Waals surface area contributed by atoms with Crippen LogP contribution in [0.2, 0.25) is 0 Å². The number of piperidine rings is 1. The molecule has 3 nitrogen and oxygen atoms in total. The largest absolute Gasteiger partial charge is 0.392 e. The van der Waals surface area contributed by atoms with E-state index >= 15 is 0 Å². The fraction of sp³-hybridized carbons (Fsp3) is 0.600. The molecule has 0 radical (unpaired) electrons. The maximum absolute atomic E-state index is 10.1. The van der Waals surface area contributed by atoms with Crippen molar-refractivity contribution in [3.05, 3.63) is 34.3 Å². The summed E-state index contributed by atoms with van der Waals surface area (Å²) in [7, 11) is 0. The standard InChI is InChI=1S/C15H23BrN2O/c1-10-7-8-18(9-14(10)19)15(11(2)17)12-5-3-4-6-13(12)16/h3-6,10-11,14-15,19H,7-9,17H2,1-2H3. The van der Waals surface area contributed by atoms with E-state index < -0.39 is 0 Å². The first kappa shape index (κ1) is 15.0. The summed E-state index contributed by atoms with van der Waals surface area (Å²) in [5.41, 5.74) is 7.41. The van der Waals surface area contributed by atoms with E-state index in [4.69, 9.17) is 5.73 Å². The lowest BCUT2D eigenvalue weighted by atomic mass is 9.91. The minimum atomic E-state index is -0.252. The molecule has 0 bridgehead atoms. The lowest BCUT2D eigenvalue weighted by molar-refractivity contribution is 0.00526. The molecule has 0 amide bonds. The van der Waals surface area contributed by atoms with Gasteiger partial charge in [-0.15, -0.1) is 0 Å². The van der Waals surface area contributed by atoms with Gasteiger partial charge in [-0.2, -0.15) is 0 Å². The molecule has 0 aromatic heterocycles. The number of hydrogen-bond donors (Lipinski definition) is 2. The lowest BCUT2D eigenvalue weighted by Gasteiger charge is -2.41. The number of rotatable bonds is 3. The van der Waals surface area contributed by atoms with Gasteiger partial charge in [-0.05, 0) is 37.4 Å². The molecule has 4 atom stereocenters. The molecule has 1 saturated heterocycles. The zero-order valence-corrected chi connectivity index (χ0v) is 13.2. The number of hydrogen-bond acceptors (Lipinski definition) is 3. The number of benzene rings is 1. The highest BCUT2D eigenvalue weighted by molar-refractivity contribution is 9.10. The monoisotopic (exact) mass is 326 g/mol. The van der Waals surface area contributed by atoms with Crippen LogP contribution >= 0.6 is 15.9 Å². The van der Waals surface area contributed by atoms with Gasteiger partial charge in [0.25, 0.3) is 0 Å². The van der Waals surface area contributed by atoms with Crippen molar-refractivity contribution in [1.29, 1.82) is 0 Å². The van der Waals surface area contributed by atoms with Crippen LogP contribution in [-0.2, 0) is 0 Å². The maximum Gasteiger partial charge on any atom is 0.0693 e. The van der Waals surface area contributed by atoms with Gasteiger partial charge in [-0.25, -0.2) is 0 Å². The topological polar surface area (TPSA) is 49.5 Å². The molecular formula is C15H23BrN2O. The Hall–Kier alpha value is -0.420. The quantitative estimate of drug-likeness (QED) is 0.897. The van der Waals surface area contributed by atoms with Crippen molar-refractivity contribution in [2.24, 2.45) is 11.7 Å².